The highest BCUT2D eigenvalue weighted by atomic mass is 32.2. The smallest absolute Gasteiger partial charge is 0.226 e. The molecule has 2 unspecified atom stereocenters. The van der Waals surface area contributed by atoms with Crippen LogP contribution in [0, 0.1) is 5.92 Å². The molecule has 1 aromatic heterocycles. The summed E-state index contributed by atoms with van der Waals surface area (Å²) >= 11 is 1.89. The Morgan fingerprint density at radius 1 is 1.42 bits per heavy atom. The van der Waals surface area contributed by atoms with Crippen LogP contribution in [-0.2, 0) is 11.2 Å². The highest BCUT2D eigenvalue weighted by Crippen LogP contribution is 2.25. The highest BCUT2D eigenvalue weighted by Gasteiger charge is 2.22. The highest BCUT2D eigenvalue weighted by molar-refractivity contribution is 7.99. The first kappa shape index (κ1) is 13.4. The van der Waals surface area contributed by atoms with Gasteiger partial charge in [0.25, 0.3) is 0 Å². The van der Waals surface area contributed by atoms with Gasteiger partial charge in [-0.3, -0.25) is 0 Å². The standard InChI is InChI=1S/C13H21N3O2S/c1-2-10(8-14-5-1)3-4-12-15-13(16-18-12)11-9-19-7-6-17-11/h10-11,14H,1-9H2. The maximum Gasteiger partial charge on any atom is 0.226 e. The summed E-state index contributed by atoms with van der Waals surface area (Å²) in [5.74, 6) is 4.25. The molecule has 2 fully saturated rings. The van der Waals surface area contributed by atoms with Crippen molar-refractivity contribution in [3.8, 4) is 0 Å². The van der Waals surface area contributed by atoms with Crippen molar-refractivity contribution in [3.05, 3.63) is 11.7 Å². The van der Waals surface area contributed by atoms with Crippen molar-refractivity contribution in [2.45, 2.75) is 31.8 Å². The minimum Gasteiger partial charge on any atom is -0.368 e. The molecule has 2 saturated heterocycles. The summed E-state index contributed by atoms with van der Waals surface area (Å²) in [6.45, 7) is 3.08. The van der Waals surface area contributed by atoms with Crippen LogP contribution in [0.4, 0.5) is 0 Å². The first-order valence-electron chi connectivity index (χ1n) is 7.14. The molecule has 1 N–H and O–H groups in total. The van der Waals surface area contributed by atoms with E-state index < -0.39 is 0 Å². The van der Waals surface area contributed by atoms with Gasteiger partial charge in [0, 0.05) is 17.9 Å². The zero-order valence-corrected chi connectivity index (χ0v) is 12.0. The average Bonchev–Trinajstić information content (AvgIpc) is 2.96. The third kappa shape index (κ3) is 3.70. The van der Waals surface area contributed by atoms with Crippen LogP contribution in [0.2, 0.25) is 0 Å². The second-order valence-corrected chi connectivity index (χ2v) is 6.38. The number of thioether (sulfide) groups is 1. The lowest BCUT2D eigenvalue weighted by Crippen LogP contribution is -2.29. The Labute approximate surface area is 117 Å². The monoisotopic (exact) mass is 283 g/mol. The summed E-state index contributed by atoms with van der Waals surface area (Å²) in [6, 6.07) is 0. The van der Waals surface area contributed by atoms with Crippen molar-refractivity contribution in [2.24, 2.45) is 5.92 Å². The predicted molar refractivity (Wildman–Crippen MR) is 74.2 cm³/mol. The van der Waals surface area contributed by atoms with Crippen molar-refractivity contribution in [1.82, 2.24) is 15.5 Å². The van der Waals surface area contributed by atoms with Gasteiger partial charge < -0.3 is 14.6 Å². The zero-order valence-electron chi connectivity index (χ0n) is 11.1. The van der Waals surface area contributed by atoms with E-state index in [1.807, 2.05) is 11.8 Å². The first-order valence-corrected chi connectivity index (χ1v) is 8.30. The normalized spacial score (nSPS) is 28.4. The second kappa shape index (κ2) is 6.72. The topological polar surface area (TPSA) is 60.2 Å². The number of nitrogens with zero attached hydrogens (tertiary/aromatic N) is 2. The van der Waals surface area contributed by atoms with E-state index in [1.54, 1.807) is 0 Å². The fourth-order valence-electron chi connectivity index (χ4n) is 2.64. The number of hydrogen-bond donors (Lipinski definition) is 1. The lowest BCUT2D eigenvalue weighted by Gasteiger charge is -2.21. The van der Waals surface area contributed by atoms with Gasteiger partial charge in [0.1, 0.15) is 6.10 Å². The molecule has 6 heteroatoms. The summed E-state index contributed by atoms with van der Waals surface area (Å²) in [5, 5.41) is 7.50. The molecule has 0 bridgehead atoms. The molecular formula is C13H21N3O2S. The molecule has 0 radical (unpaired) electrons. The molecule has 2 aliphatic heterocycles. The summed E-state index contributed by atoms with van der Waals surface area (Å²) in [5.41, 5.74) is 0. The molecule has 0 spiro atoms. The van der Waals surface area contributed by atoms with E-state index in [4.69, 9.17) is 9.26 Å². The number of aromatic nitrogens is 2. The van der Waals surface area contributed by atoms with Gasteiger partial charge in [-0.25, -0.2) is 0 Å². The Bertz CT molecular complexity index is 387. The summed E-state index contributed by atoms with van der Waals surface area (Å²) in [4.78, 5) is 4.48. The van der Waals surface area contributed by atoms with Crippen molar-refractivity contribution >= 4 is 11.8 Å². The maximum atomic E-state index is 5.66. The van der Waals surface area contributed by atoms with Crippen LogP contribution < -0.4 is 5.32 Å². The Kier molecular flexibility index (Phi) is 4.74. The second-order valence-electron chi connectivity index (χ2n) is 5.23. The van der Waals surface area contributed by atoms with Gasteiger partial charge in [0.2, 0.25) is 11.7 Å². The van der Waals surface area contributed by atoms with Gasteiger partial charge in [-0.1, -0.05) is 5.16 Å². The van der Waals surface area contributed by atoms with Crippen molar-refractivity contribution in [3.63, 3.8) is 0 Å². The van der Waals surface area contributed by atoms with E-state index in [1.165, 1.54) is 12.8 Å². The molecular weight excluding hydrogens is 262 g/mol. The van der Waals surface area contributed by atoms with E-state index in [2.05, 4.69) is 15.5 Å². The lowest BCUT2D eigenvalue weighted by molar-refractivity contribution is 0.0677. The summed E-state index contributed by atoms with van der Waals surface area (Å²) in [7, 11) is 0. The summed E-state index contributed by atoms with van der Waals surface area (Å²) in [6.07, 6.45) is 4.64. The van der Waals surface area contributed by atoms with E-state index in [0.29, 0.717) is 0 Å². The van der Waals surface area contributed by atoms with E-state index in [-0.39, 0.29) is 6.10 Å². The van der Waals surface area contributed by atoms with Crippen molar-refractivity contribution < 1.29 is 9.26 Å². The third-order valence-electron chi connectivity index (χ3n) is 3.75. The Morgan fingerprint density at radius 2 is 2.42 bits per heavy atom. The van der Waals surface area contributed by atoms with Gasteiger partial charge >= 0.3 is 0 Å². The van der Waals surface area contributed by atoms with E-state index in [0.717, 1.165) is 61.7 Å². The molecule has 2 atom stereocenters. The fraction of sp³-hybridized carbons (Fsp3) is 0.846. The maximum absolute atomic E-state index is 5.66. The quantitative estimate of drug-likeness (QED) is 0.909. The van der Waals surface area contributed by atoms with Crippen LogP contribution >= 0.6 is 11.8 Å². The molecule has 3 heterocycles. The van der Waals surface area contributed by atoms with Gasteiger partial charge in [0.15, 0.2) is 0 Å². The molecule has 1 aromatic rings. The molecule has 0 aliphatic carbocycles. The average molecular weight is 283 g/mol. The number of rotatable bonds is 4. The van der Waals surface area contributed by atoms with Crippen molar-refractivity contribution in [1.29, 1.82) is 0 Å². The summed E-state index contributed by atoms with van der Waals surface area (Å²) < 4.78 is 11.0. The van der Waals surface area contributed by atoms with Crippen LogP contribution in [0.1, 0.15) is 37.1 Å². The molecule has 3 rings (SSSR count). The number of hydrogen-bond acceptors (Lipinski definition) is 6. The minimum absolute atomic E-state index is 0.0209. The minimum atomic E-state index is 0.0209. The number of nitrogens with one attached hydrogen (secondary N) is 1. The van der Waals surface area contributed by atoms with Crippen LogP contribution in [0.5, 0.6) is 0 Å². The van der Waals surface area contributed by atoms with Gasteiger partial charge in [-0.15, -0.1) is 0 Å². The van der Waals surface area contributed by atoms with E-state index >= 15 is 0 Å². The first-order chi connectivity index (χ1) is 9.42. The Hall–Kier alpha value is -0.590. The van der Waals surface area contributed by atoms with E-state index in [9.17, 15) is 0 Å². The lowest BCUT2D eigenvalue weighted by atomic mass is 9.95. The molecule has 106 valence electrons. The fourth-order valence-corrected chi connectivity index (χ4v) is 3.48. The van der Waals surface area contributed by atoms with Crippen LogP contribution in [-0.4, -0.2) is 41.3 Å². The molecule has 0 saturated carbocycles. The Morgan fingerprint density at radius 3 is 3.21 bits per heavy atom. The molecule has 2 aliphatic rings. The predicted octanol–water partition coefficient (Wildman–Crippen LogP) is 1.81. The van der Waals surface area contributed by atoms with Crippen LogP contribution in [0.3, 0.4) is 0 Å². The molecule has 19 heavy (non-hydrogen) atoms. The number of piperidine rings is 1. The van der Waals surface area contributed by atoms with Gasteiger partial charge in [-0.05, 0) is 38.3 Å². The van der Waals surface area contributed by atoms with Crippen LogP contribution in [0.15, 0.2) is 4.52 Å². The molecule has 0 aromatic carbocycles. The van der Waals surface area contributed by atoms with Gasteiger partial charge in [-0.2, -0.15) is 16.7 Å². The van der Waals surface area contributed by atoms with Gasteiger partial charge in [0.05, 0.1) is 6.61 Å². The third-order valence-corrected chi connectivity index (χ3v) is 4.75. The molecule has 5 nitrogen and oxygen atoms in total. The molecule has 0 amide bonds. The number of ether oxygens (including phenoxy) is 1. The largest absolute Gasteiger partial charge is 0.368 e. The van der Waals surface area contributed by atoms with Crippen LogP contribution in [0.25, 0.3) is 0 Å². The SMILES string of the molecule is C1CNCC(CCc2nc(C3CSCCO3)no2)C1. The number of aryl methyl sites for hydroxylation is 1. The Balaban J connectivity index is 1.49. The zero-order chi connectivity index (χ0) is 12.9. The van der Waals surface area contributed by atoms with Crippen molar-refractivity contribution in [2.75, 3.05) is 31.2 Å².